The van der Waals surface area contributed by atoms with Crippen molar-refractivity contribution < 1.29 is 27.8 Å². The Bertz CT molecular complexity index is 1400. The smallest absolute Gasteiger partial charge is 0.390 e. The first-order valence-corrected chi connectivity index (χ1v) is 11.3. The number of phenolic OH excluding ortho intramolecular Hbond substituents is 1. The fourth-order valence-electron chi connectivity index (χ4n) is 3.82. The van der Waals surface area contributed by atoms with E-state index >= 15 is 0 Å². The van der Waals surface area contributed by atoms with Crippen molar-refractivity contribution in [3.63, 3.8) is 0 Å². The second-order valence-corrected chi connectivity index (χ2v) is 8.21. The lowest BCUT2D eigenvalue weighted by molar-refractivity contribution is -0.131. The van der Waals surface area contributed by atoms with Crippen LogP contribution in [0.4, 0.5) is 18.9 Å². The number of nitrogens with zero attached hydrogens (tertiary/aromatic N) is 2. The molecule has 0 spiro atoms. The number of aryl methyl sites for hydroxylation is 1. The fourth-order valence-corrected chi connectivity index (χ4v) is 3.82. The number of alkyl halides is 3. The minimum Gasteiger partial charge on any atom is -0.508 e. The molecule has 0 bridgehead atoms. The Morgan fingerprint density at radius 2 is 1.94 bits per heavy atom. The Hall–Kier alpha value is -4.21. The molecule has 0 fully saturated rings. The minimum absolute atomic E-state index is 0.0168. The van der Waals surface area contributed by atoms with Crippen molar-refractivity contribution in [1.82, 2.24) is 14.7 Å². The van der Waals surface area contributed by atoms with Crippen LogP contribution in [0.15, 0.2) is 60.9 Å². The van der Waals surface area contributed by atoms with E-state index in [1.165, 1.54) is 12.1 Å². The van der Waals surface area contributed by atoms with Crippen molar-refractivity contribution in [1.29, 1.82) is 0 Å². The highest BCUT2D eigenvalue weighted by Crippen LogP contribution is 2.33. The zero-order valence-corrected chi connectivity index (χ0v) is 19.7. The van der Waals surface area contributed by atoms with Crippen molar-refractivity contribution in [2.75, 3.05) is 18.4 Å². The molecule has 0 saturated heterocycles. The molecule has 0 aliphatic rings. The highest BCUT2D eigenvalue weighted by Gasteiger charge is 2.26. The van der Waals surface area contributed by atoms with Crippen LogP contribution in [0.25, 0.3) is 16.9 Å². The van der Waals surface area contributed by atoms with Crippen molar-refractivity contribution in [3.8, 4) is 28.5 Å². The minimum atomic E-state index is -4.30. The Labute approximate surface area is 205 Å². The summed E-state index contributed by atoms with van der Waals surface area (Å²) in [6, 6.07) is 13.1. The normalized spacial score (nSPS) is 11.5. The van der Waals surface area contributed by atoms with Gasteiger partial charge in [0, 0.05) is 36.3 Å². The van der Waals surface area contributed by atoms with Gasteiger partial charge in [-0.1, -0.05) is 12.1 Å². The number of halogens is 3. The van der Waals surface area contributed by atoms with Crippen molar-refractivity contribution >= 4 is 17.2 Å². The summed E-state index contributed by atoms with van der Waals surface area (Å²) < 4.78 is 45.8. The average Bonchev–Trinajstić information content (AvgIpc) is 3.22. The number of benzene rings is 2. The zero-order valence-electron chi connectivity index (χ0n) is 19.7. The van der Waals surface area contributed by atoms with E-state index in [1.807, 2.05) is 19.9 Å². The molecule has 2 aromatic carbocycles. The molecule has 188 valence electrons. The van der Waals surface area contributed by atoms with Crippen molar-refractivity contribution in [3.05, 3.63) is 72.1 Å². The predicted octanol–water partition coefficient (Wildman–Crippen LogP) is 5.92. The van der Waals surface area contributed by atoms with Gasteiger partial charge in [-0.15, -0.1) is 0 Å². The average molecular weight is 499 g/mol. The van der Waals surface area contributed by atoms with Crippen LogP contribution >= 0.6 is 0 Å². The maximum absolute atomic E-state index is 12.7. The standard InChI is InChI=1S/C26H25F3N4O3/c1-3-30-25(35)21-8-7-17(11-16(21)2)23-14-32-24-22(31-10-9-26(27,28)29)13-20(15-33(23)24)36-19-6-4-5-18(34)12-19/h4-8,11-15,31,34H,3,9-10H2,1-2H3,(H,30,35). The maximum atomic E-state index is 12.7. The largest absolute Gasteiger partial charge is 0.508 e. The number of ether oxygens (including phenoxy) is 1. The zero-order chi connectivity index (χ0) is 25.9. The number of pyridine rings is 1. The Balaban J connectivity index is 1.75. The van der Waals surface area contributed by atoms with E-state index in [1.54, 1.807) is 47.1 Å². The summed E-state index contributed by atoms with van der Waals surface area (Å²) in [6.07, 6.45) is -2.03. The van der Waals surface area contributed by atoms with Crippen LogP contribution in [0, 0.1) is 6.92 Å². The molecule has 7 nitrogen and oxygen atoms in total. The van der Waals surface area contributed by atoms with Gasteiger partial charge in [0.15, 0.2) is 5.65 Å². The molecular weight excluding hydrogens is 473 g/mol. The molecule has 2 heterocycles. The summed E-state index contributed by atoms with van der Waals surface area (Å²) in [4.78, 5) is 16.7. The Morgan fingerprint density at radius 1 is 1.14 bits per heavy atom. The van der Waals surface area contributed by atoms with Gasteiger partial charge in [0.1, 0.15) is 17.2 Å². The highest BCUT2D eigenvalue weighted by molar-refractivity contribution is 5.96. The molecule has 2 aromatic heterocycles. The van der Waals surface area contributed by atoms with Crippen LogP contribution in [0.2, 0.25) is 0 Å². The number of aromatic nitrogens is 2. The number of imidazole rings is 1. The lowest BCUT2D eigenvalue weighted by Crippen LogP contribution is -2.23. The van der Waals surface area contributed by atoms with Crippen LogP contribution in [0.3, 0.4) is 0 Å². The van der Waals surface area contributed by atoms with Gasteiger partial charge in [-0.3, -0.25) is 9.20 Å². The number of phenols is 1. The molecule has 0 radical (unpaired) electrons. The lowest BCUT2D eigenvalue weighted by atomic mass is 10.0. The molecule has 1 amide bonds. The number of nitrogens with one attached hydrogen (secondary N) is 2. The van der Waals surface area contributed by atoms with Gasteiger partial charge in [-0.2, -0.15) is 13.2 Å². The van der Waals surface area contributed by atoms with Gasteiger partial charge >= 0.3 is 6.18 Å². The van der Waals surface area contributed by atoms with E-state index < -0.39 is 12.6 Å². The molecule has 0 aliphatic carbocycles. The topological polar surface area (TPSA) is 87.9 Å². The van der Waals surface area contributed by atoms with Gasteiger partial charge < -0.3 is 20.5 Å². The van der Waals surface area contributed by atoms with Crippen LogP contribution in [-0.2, 0) is 0 Å². The molecule has 4 aromatic rings. The molecule has 10 heteroatoms. The van der Waals surface area contributed by atoms with E-state index in [-0.39, 0.29) is 18.2 Å². The molecule has 4 rings (SSSR count). The number of amides is 1. The summed E-state index contributed by atoms with van der Waals surface area (Å²) in [6.45, 7) is 3.85. The van der Waals surface area contributed by atoms with Crippen molar-refractivity contribution in [2.45, 2.75) is 26.4 Å². The fraction of sp³-hybridized carbons (Fsp3) is 0.231. The number of hydrogen-bond donors (Lipinski definition) is 3. The number of rotatable bonds is 8. The monoisotopic (exact) mass is 498 g/mol. The number of fused-ring (bicyclic) bond motifs is 1. The summed E-state index contributed by atoms with van der Waals surface area (Å²) in [5.41, 5.74) is 3.53. The van der Waals surface area contributed by atoms with E-state index in [0.717, 1.165) is 11.1 Å². The van der Waals surface area contributed by atoms with Gasteiger partial charge in [-0.05, 0) is 43.7 Å². The maximum Gasteiger partial charge on any atom is 0.390 e. The summed E-state index contributed by atoms with van der Waals surface area (Å²) in [5, 5.41) is 15.3. The molecule has 0 unspecified atom stereocenters. The van der Waals surface area contributed by atoms with E-state index in [9.17, 15) is 23.1 Å². The van der Waals surface area contributed by atoms with E-state index in [4.69, 9.17) is 4.74 Å². The van der Waals surface area contributed by atoms with Crippen molar-refractivity contribution in [2.24, 2.45) is 0 Å². The third-order valence-corrected chi connectivity index (χ3v) is 5.46. The molecule has 0 saturated carbocycles. The summed E-state index contributed by atoms with van der Waals surface area (Å²) in [5.74, 6) is 0.539. The predicted molar refractivity (Wildman–Crippen MR) is 131 cm³/mol. The van der Waals surface area contributed by atoms with Gasteiger partial charge in [0.05, 0.1) is 30.2 Å². The summed E-state index contributed by atoms with van der Waals surface area (Å²) in [7, 11) is 0. The molecule has 36 heavy (non-hydrogen) atoms. The van der Waals surface area contributed by atoms with Crippen LogP contribution in [0.5, 0.6) is 17.2 Å². The summed E-state index contributed by atoms with van der Waals surface area (Å²) >= 11 is 0. The van der Waals surface area contributed by atoms with E-state index in [0.29, 0.717) is 40.6 Å². The second kappa shape index (κ2) is 10.2. The lowest BCUT2D eigenvalue weighted by Gasteiger charge is -2.14. The quantitative estimate of drug-likeness (QED) is 0.281. The van der Waals surface area contributed by atoms with Gasteiger partial charge in [-0.25, -0.2) is 4.98 Å². The van der Waals surface area contributed by atoms with Gasteiger partial charge in [0.2, 0.25) is 0 Å². The Morgan fingerprint density at radius 3 is 2.64 bits per heavy atom. The third kappa shape index (κ3) is 5.70. The molecule has 0 atom stereocenters. The molecule has 3 N–H and O–H groups in total. The van der Waals surface area contributed by atoms with E-state index in [2.05, 4.69) is 15.6 Å². The Kier molecular flexibility index (Phi) is 7.05. The second-order valence-electron chi connectivity index (χ2n) is 8.21. The third-order valence-electron chi connectivity index (χ3n) is 5.46. The van der Waals surface area contributed by atoms with Crippen LogP contribution in [-0.4, -0.2) is 39.7 Å². The first kappa shape index (κ1) is 24.9. The highest BCUT2D eigenvalue weighted by atomic mass is 19.4. The molecular formula is C26H25F3N4O3. The number of carbonyl (C=O) groups excluding carboxylic acids is 1. The van der Waals surface area contributed by atoms with Crippen LogP contribution in [0.1, 0.15) is 29.3 Å². The SMILES string of the molecule is CCNC(=O)c1ccc(-c2cnc3c(NCCC(F)(F)F)cc(Oc4cccc(O)c4)cn23)cc1C. The first-order valence-electron chi connectivity index (χ1n) is 11.3. The first-order chi connectivity index (χ1) is 17.1. The number of aromatic hydroxyl groups is 1. The molecule has 0 aliphatic heterocycles. The van der Waals surface area contributed by atoms with Gasteiger partial charge in [0.25, 0.3) is 5.91 Å². The number of carbonyl (C=O) groups is 1. The number of anilines is 1. The number of hydrogen-bond acceptors (Lipinski definition) is 5. The van der Waals surface area contributed by atoms with Crippen LogP contribution < -0.4 is 15.4 Å².